The first-order valence-corrected chi connectivity index (χ1v) is 9.30. The molecule has 4 N–H and O–H groups in total. The highest BCUT2D eigenvalue weighted by atomic mass is 16.5. The minimum atomic E-state index is -1.42. The molecule has 0 unspecified atom stereocenters. The Morgan fingerprint density at radius 1 is 1.26 bits per heavy atom. The molecule has 2 amide bonds. The zero-order valence-corrected chi connectivity index (χ0v) is 16.9. The summed E-state index contributed by atoms with van der Waals surface area (Å²) in [7, 11) is 2.62. The number of amides is 2. The van der Waals surface area contributed by atoms with Crippen LogP contribution in [0.1, 0.15) is 40.0 Å². The highest BCUT2D eigenvalue weighted by Gasteiger charge is 2.38. The Balaban J connectivity index is 2.82. The van der Waals surface area contributed by atoms with Crippen molar-refractivity contribution in [3.05, 3.63) is 12.2 Å². The summed E-state index contributed by atoms with van der Waals surface area (Å²) >= 11 is 0. The van der Waals surface area contributed by atoms with Gasteiger partial charge in [0.25, 0.3) is 5.91 Å². The van der Waals surface area contributed by atoms with E-state index < -0.39 is 36.4 Å². The number of hydrogen-bond donors (Lipinski definition) is 4. The van der Waals surface area contributed by atoms with Crippen molar-refractivity contribution in [3.8, 4) is 0 Å². The van der Waals surface area contributed by atoms with Crippen molar-refractivity contribution in [2.45, 2.75) is 70.5 Å². The topological polar surface area (TPSA) is 117 Å². The van der Waals surface area contributed by atoms with Crippen LogP contribution in [0.15, 0.2) is 12.2 Å². The van der Waals surface area contributed by atoms with E-state index in [2.05, 4.69) is 10.6 Å². The van der Waals surface area contributed by atoms with E-state index in [0.29, 0.717) is 13.0 Å². The lowest BCUT2D eigenvalue weighted by Gasteiger charge is -2.30. The van der Waals surface area contributed by atoms with Gasteiger partial charge in [-0.2, -0.15) is 0 Å². The predicted molar refractivity (Wildman–Crippen MR) is 101 cm³/mol. The lowest BCUT2D eigenvalue weighted by Crippen LogP contribution is -2.55. The van der Waals surface area contributed by atoms with Gasteiger partial charge >= 0.3 is 0 Å². The summed E-state index contributed by atoms with van der Waals surface area (Å²) in [6.45, 7) is 6.49. The van der Waals surface area contributed by atoms with Gasteiger partial charge in [-0.3, -0.25) is 9.59 Å². The molecule has 0 aliphatic carbocycles. The van der Waals surface area contributed by atoms with Crippen LogP contribution in [0.5, 0.6) is 0 Å². The van der Waals surface area contributed by atoms with Crippen LogP contribution in [0.25, 0.3) is 0 Å². The van der Waals surface area contributed by atoms with Crippen LogP contribution >= 0.6 is 0 Å². The number of aliphatic hydroxyl groups excluding tert-OH is 2. The van der Waals surface area contributed by atoms with Crippen LogP contribution in [0.4, 0.5) is 0 Å². The second-order valence-electron chi connectivity index (χ2n) is 7.91. The SMILES string of the molecule is CO[C@H]([C@@H](O)[C@@H](OC)C(=O)N[C@H]1CCCCNC1=O)[C@H](O)C=CC(C)(C)C. The van der Waals surface area contributed by atoms with Crippen LogP contribution in [-0.4, -0.2) is 73.2 Å². The van der Waals surface area contributed by atoms with Gasteiger partial charge in [-0.25, -0.2) is 0 Å². The normalized spacial score (nSPS) is 23.2. The molecule has 1 aliphatic rings. The highest BCUT2D eigenvalue weighted by molar-refractivity contribution is 5.89. The third kappa shape index (κ3) is 7.57. The fraction of sp³-hybridized carbons (Fsp3) is 0.789. The molecule has 0 saturated carbocycles. The number of allylic oxidation sites excluding steroid dienone is 1. The van der Waals surface area contributed by atoms with Gasteiger partial charge in [0.05, 0.1) is 0 Å². The molecule has 1 saturated heterocycles. The van der Waals surface area contributed by atoms with E-state index in [9.17, 15) is 19.8 Å². The summed E-state index contributed by atoms with van der Waals surface area (Å²) in [5.74, 6) is -0.872. The summed E-state index contributed by atoms with van der Waals surface area (Å²) in [4.78, 5) is 24.6. The van der Waals surface area contributed by atoms with E-state index in [1.165, 1.54) is 20.3 Å². The Morgan fingerprint density at radius 3 is 2.48 bits per heavy atom. The fourth-order valence-corrected chi connectivity index (χ4v) is 2.88. The van der Waals surface area contributed by atoms with Crippen molar-refractivity contribution in [3.63, 3.8) is 0 Å². The van der Waals surface area contributed by atoms with E-state index in [0.717, 1.165) is 12.8 Å². The first-order valence-electron chi connectivity index (χ1n) is 9.30. The maximum Gasteiger partial charge on any atom is 0.252 e. The van der Waals surface area contributed by atoms with Crippen molar-refractivity contribution in [1.29, 1.82) is 0 Å². The van der Waals surface area contributed by atoms with Gasteiger partial charge in [0.1, 0.15) is 24.4 Å². The van der Waals surface area contributed by atoms with Gasteiger partial charge in [-0.15, -0.1) is 0 Å². The second-order valence-corrected chi connectivity index (χ2v) is 7.91. The van der Waals surface area contributed by atoms with Gasteiger partial charge in [0, 0.05) is 20.8 Å². The molecule has 8 nitrogen and oxygen atoms in total. The van der Waals surface area contributed by atoms with E-state index in [4.69, 9.17) is 9.47 Å². The number of carbonyl (C=O) groups excluding carboxylic acids is 2. The Hall–Kier alpha value is -1.48. The number of hydrogen-bond acceptors (Lipinski definition) is 6. The zero-order chi connectivity index (χ0) is 20.6. The lowest BCUT2D eigenvalue weighted by molar-refractivity contribution is -0.153. The number of carbonyl (C=O) groups is 2. The number of ether oxygens (including phenoxy) is 2. The molecule has 0 spiro atoms. The summed E-state index contributed by atoms with van der Waals surface area (Å²) in [5.41, 5.74) is -0.158. The molecule has 1 fully saturated rings. The molecule has 0 aromatic carbocycles. The van der Waals surface area contributed by atoms with E-state index in [1.54, 1.807) is 6.08 Å². The molecule has 0 radical (unpaired) electrons. The molecular formula is C19H34N2O6. The quantitative estimate of drug-likeness (QED) is 0.441. The molecule has 156 valence electrons. The fourth-order valence-electron chi connectivity index (χ4n) is 2.88. The summed E-state index contributed by atoms with van der Waals surface area (Å²) in [5, 5.41) is 26.3. The monoisotopic (exact) mass is 386 g/mol. The maximum absolute atomic E-state index is 12.6. The minimum Gasteiger partial charge on any atom is -0.387 e. The van der Waals surface area contributed by atoms with Crippen molar-refractivity contribution >= 4 is 11.8 Å². The highest BCUT2D eigenvalue weighted by Crippen LogP contribution is 2.18. The summed E-state index contributed by atoms with van der Waals surface area (Å²) in [6, 6.07) is -0.670. The van der Waals surface area contributed by atoms with E-state index >= 15 is 0 Å². The number of nitrogens with one attached hydrogen (secondary N) is 2. The molecule has 1 rings (SSSR count). The molecule has 0 bridgehead atoms. The number of methoxy groups -OCH3 is 2. The number of rotatable bonds is 8. The average molecular weight is 386 g/mol. The molecule has 0 aromatic heterocycles. The van der Waals surface area contributed by atoms with Crippen molar-refractivity contribution < 1.29 is 29.3 Å². The van der Waals surface area contributed by atoms with Crippen LogP contribution in [-0.2, 0) is 19.1 Å². The van der Waals surface area contributed by atoms with Crippen molar-refractivity contribution in [1.82, 2.24) is 10.6 Å². The molecule has 0 aromatic rings. The molecule has 1 aliphatic heterocycles. The molecule has 8 heteroatoms. The van der Waals surface area contributed by atoms with Crippen LogP contribution in [0, 0.1) is 5.41 Å². The van der Waals surface area contributed by atoms with Gasteiger partial charge in [0.15, 0.2) is 6.10 Å². The lowest BCUT2D eigenvalue weighted by atomic mass is 9.93. The summed E-state index contributed by atoms with van der Waals surface area (Å²) < 4.78 is 10.4. The number of aliphatic hydroxyl groups is 2. The van der Waals surface area contributed by atoms with E-state index in [1.807, 2.05) is 20.8 Å². The third-order valence-electron chi connectivity index (χ3n) is 4.41. The smallest absolute Gasteiger partial charge is 0.252 e. The molecule has 1 heterocycles. The Morgan fingerprint density at radius 2 is 1.93 bits per heavy atom. The van der Waals surface area contributed by atoms with E-state index in [-0.39, 0.29) is 11.3 Å². The maximum atomic E-state index is 12.6. The Bertz CT molecular complexity index is 517. The van der Waals surface area contributed by atoms with Crippen LogP contribution in [0.3, 0.4) is 0 Å². The van der Waals surface area contributed by atoms with Gasteiger partial charge in [-0.05, 0) is 24.7 Å². The Kier molecular flexibility index (Phi) is 9.38. The first kappa shape index (κ1) is 23.6. The predicted octanol–water partition coefficient (Wildman–Crippen LogP) is 0.125. The third-order valence-corrected chi connectivity index (χ3v) is 4.41. The largest absolute Gasteiger partial charge is 0.387 e. The molecule has 27 heavy (non-hydrogen) atoms. The molecular weight excluding hydrogens is 352 g/mol. The average Bonchev–Trinajstić information content (AvgIpc) is 2.78. The van der Waals surface area contributed by atoms with Crippen molar-refractivity contribution in [2.75, 3.05) is 20.8 Å². The minimum absolute atomic E-state index is 0.158. The van der Waals surface area contributed by atoms with Crippen molar-refractivity contribution in [2.24, 2.45) is 5.41 Å². The van der Waals surface area contributed by atoms with Crippen LogP contribution in [0.2, 0.25) is 0 Å². The summed E-state index contributed by atoms with van der Waals surface area (Å²) in [6.07, 6.45) is 0.604. The van der Waals surface area contributed by atoms with Gasteiger partial charge < -0.3 is 30.3 Å². The first-order chi connectivity index (χ1) is 12.6. The van der Waals surface area contributed by atoms with Crippen LogP contribution < -0.4 is 10.6 Å². The second kappa shape index (κ2) is 10.8. The standard InChI is InChI=1S/C19H34N2O6/c1-19(2,3)10-9-13(22)15(26-4)14(23)16(27-5)18(25)21-12-8-6-7-11-20-17(12)24/h9-10,12-16,22-23H,6-8,11H2,1-5H3,(H,20,24)(H,21,25)/t12-,13+,14+,15-,16+/m0/s1. The zero-order valence-electron chi connectivity index (χ0n) is 16.9. The Labute approximate surface area is 161 Å². The molecule has 5 atom stereocenters. The van der Waals surface area contributed by atoms with Gasteiger partial charge in [-0.1, -0.05) is 32.9 Å². The van der Waals surface area contributed by atoms with Gasteiger partial charge in [0.2, 0.25) is 5.91 Å².